The topological polar surface area (TPSA) is 50.8 Å². The Hall–Kier alpha value is -1.75. The van der Waals surface area contributed by atoms with E-state index in [1.807, 2.05) is 7.05 Å². The van der Waals surface area contributed by atoms with Gasteiger partial charge in [0, 0.05) is 19.0 Å². The van der Waals surface area contributed by atoms with E-state index in [2.05, 4.69) is 17.1 Å². The first-order valence-corrected chi connectivity index (χ1v) is 7.31. The minimum absolute atomic E-state index is 0.0232. The first kappa shape index (κ1) is 17.3. The van der Waals surface area contributed by atoms with Gasteiger partial charge in [0.05, 0.1) is 19.9 Å². The van der Waals surface area contributed by atoms with Gasteiger partial charge in [0.2, 0.25) is 5.91 Å². The predicted octanol–water partition coefficient (Wildman–Crippen LogP) is 2.76. The molecule has 0 spiro atoms. The molecule has 0 radical (unpaired) electrons. The fraction of sp³-hybridized carbons (Fsp3) is 0.562. The second-order valence-corrected chi connectivity index (χ2v) is 5.02. The molecular formula is C16H26N2O3. The van der Waals surface area contributed by atoms with Gasteiger partial charge in [-0.15, -0.1) is 0 Å². The summed E-state index contributed by atoms with van der Waals surface area (Å²) in [5.41, 5.74) is 0.637. The highest BCUT2D eigenvalue weighted by molar-refractivity contribution is 5.92. The van der Waals surface area contributed by atoms with Crippen LogP contribution in [0, 0.1) is 0 Å². The van der Waals surface area contributed by atoms with Crippen LogP contribution in [0.2, 0.25) is 0 Å². The average Bonchev–Trinajstić information content (AvgIpc) is 2.50. The summed E-state index contributed by atoms with van der Waals surface area (Å²) >= 11 is 0. The van der Waals surface area contributed by atoms with Crippen LogP contribution in [0.15, 0.2) is 18.2 Å². The van der Waals surface area contributed by atoms with E-state index in [0.717, 1.165) is 25.9 Å². The number of carbonyl (C=O) groups excluding carboxylic acids is 1. The molecule has 0 saturated heterocycles. The maximum absolute atomic E-state index is 12.0. The molecule has 1 rings (SSSR count). The number of hydrogen-bond donors (Lipinski definition) is 1. The van der Waals surface area contributed by atoms with Crippen molar-refractivity contribution in [1.29, 1.82) is 0 Å². The van der Waals surface area contributed by atoms with Crippen molar-refractivity contribution in [1.82, 2.24) is 4.90 Å². The zero-order valence-electron chi connectivity index (χ0n) is 13.4. The van der Waals surface area contributed by atoms with E-state index in [9.17, 15) is 4.79 Å². The number of rotatable bonds is 9. The molecule has 0 aliphatic heterocycles. The minimum Gasteiger partial charge on any atom is -0.497 e. The molecule has 5 heteroatoms. The van der Waals surface area contributed by atoms with E-state index >= 15 is 0 Å². The lowest BCUT2D eigenvalue weighted by Crippen LogP contribution is -2.25. The highest BCUT2D eigenvalue weighted by Gasteiger charge is 2.10. The van der Waals surface area contributed by atoms with Crippen LogP contribution in [0.25, 0.3) is 0 Å². The first-order valence-electron chi connectivity index (χ1n) is 7.31. The van der Waals surface area contributed by atoms with E-state index < -0.39 is 0 Å². The van der Waals surface area contributed by atoms with Crippen LogP contribution < -0.4 is 14.8 Å². The summed E-state index contributed by atoms with van der Waals surface area (Å²) in [6.45, 7) is 3.93. The summed E-state index contributed by atoms with van der Waals surface area (Å²) < 4.78 is 10.4. The van der Waals surface area contributed by atoms with E-state index in [4.69, 9.17) is 9.47 Å². The van der Waals surface area contributed by atoms with Gasteiger partial charge in [-0.25, -0.2) is 0 Å². The molecule has 0 bridgehead atoms. The molecule has 0 aromatic heterocycles. The largest absolute Gasteiger partial charge is 0.497 e. The molecule has 0 fully saturated rings. The molecule has 0 heterocycles. The molecule has 1 aromatic carbocycles. The molecule has 5 nitrogen and oxygen atoms in total. The lowest BCUT2D eigenvalue weighted by molar-refractivity contribution is -0.116. The molecule has 0 unspecified atom stereocenters. The predicted molar refractivity (Wildman–Crippen MR) is 85.2 cm³/mol. The van der Waals surface area contributed by atoms with Gasteiger partial charge >= 0.3 is 0 Å². The zero-order valence-corrected chi connectivity index (χ0v) is 13.4. The molecule has 21 heavy (non-hydrogen) atoms. The number of nitrogens with zero attached hydrogens (tertiary/aromatic N) is 1. The summed E-state index contributed by atoms with van der Waals surface area (Å²) in [6, 6.07) is 5.34. The number of nitrogens with one attached hydrogen (secondary N) is 1. The lowest BCUT2D eigenvalue weighted by Gasteiger charge is -2.16. The van der Waals surface area contributed by atoms with Crippen molar-refractivity contribution < 1.29 is 14.3 Å². The summed E-state index contributed by atoms with van der Waals surface area (Å²) in [6.07, 6.45) is 2.78. The Morgan fingerprint density at radius 1 is 1.24 bits per heavy atom. The molecule has 0 saturated carbocycles. The van der Waals surface area contributed by atoms with Crippen LogP contribution in [0.3, 0.4) is 0 Å². The van der Waals surface area contributed by atoms with Crippen LogP contribution >= 0.6 is 0 Å². The summed E-state index contributed by atoms with van der Waals surface area (Å²) in [5.74, 6) is 1.29. The van der Waals surface area contributed by atoms with Crippen LogP contribution in [-0.4, -0.2) is 45.2 Å². The second kappa shape index (κ2) is 9.23. The van der Waals surface area contributed by atoms with Crippen molar-refractivity contribution in [2.75, 3.05) is 39.7 Å². The maximum Gasteiger partial charge on any atom is 0.225 e. The van der Waals surface area contributed by atoms with E-state index in [0.29, 0.717) is 23.6 Å². The Morgan fingerprint density at radius 3 is 2.62 bits per heavy atom. The monoisotopic (exact) mass is 294 g/mol. The number of ether oxygens (including phenoxy) is 2. The van der Waals surface area contributed by atoms with Crippen LogP contribution in [0.4, 0.5) is 5.69 Å². The molecule has 0 aliphatic carbocycles. The molecule has 0 aliphatic rings. The van der Waals surface area contributed by atoms with E-state index in [1.54, 1.807) is 32.4 Å². The summed E-state index contributed by atoms with van der Waals surface area (Å²) in [7, 11) is 5.21. The van der Waals surface area contributed by atoms with Crippen molar-refractivity contribution in [3.63, 3.8) is 0 Å². The second-order valence-electron chi connectivity index (χ2n) is 5.02. The third kappa shape index (κ3) is 6.04. The number of carbonyl (C=O) groups is 1. The number of amides is 1. The third-order valence-corrected chi connectivity index (χ3v) is 3.29. The summed E-state index contributed by atoms with van der Waals surface area (Å²) in [4.78, 5) is 14.2. The number of hydrogen-bond acceptors (Lipinski definition) is 4. The van der Waals surface area contributed by atoms with Gasteiger partial charge < -0.3 is 19.7 Å². The Kier molecular flexibility index (Phi) is 7.61. The van der Waals surface area contributed by atoms with Gasteiger partial charge in [-0.1, -0.05) is 13.3 Å². The van der Waals surface area contributed by atoms with Gasteiger partial charge in [0.1, 0.15) is 11.5 Å². The van der Waals surface area contributed by atoms with Crippen molar-refractivity contribution in [2.24, 2.45) is 0 Å². The standard InChI is InChI=1S/C16H26N2O3/c1-5-6-10-18(2)11-9-16(19)17-14-12-13(20-3)7-8-15(14)21-4/h7-8,12H,5-6,9-11H2,1-4H3,(H,17,19). The Bertz CT molecular complexity index is 449. The van der Waals surface area contributed by atoms with Gasteiger partial charge in [-0.2, -0.15) is 0 Å². The van der Waals surface area contributed by atoms with Gasteiger partial charge in [-0.3, -0.25) is 4.79 Å². The fourth-order valence-electron chi connectivity index (χ4n) is 1.96. The normalized spacial score (nSPS) is 10.5. The Labute approximate surface area is 127 Å². The summed E-state index contributed by atoms with van der Waals surface area (Å²) in [5, 5.41) is 2.88. The van der Waals surface area contributed by atoms with Crippen molar-refractivity contribution in [3.05, 3.63) is 18.2 Å². The van der Waals surface area contributed by atoms with Crippen molar-refractivity contribution >= 4 is 11.6 Å². The molecule has 0 atom stereocenters. The molecule has 1 N–H and O–H groups in total. The van der Waals surface area contributed by atoms with Gasteiger partial charge in [0.25, 0.3) is 0 Å². The molecular weight excluding hydrogens is 268 g/mol. The SMILES string of the molecule is CCCCN(C)CCC(=O)Nc1cc(OC)ccc1OC. The smallest absolute Gasteiger partial charge is 0.225 e. The minimum atomic E-state index is -0.0232. The Morgan fingerprint density at radius 2 is 2.00 bits per heavy atom. The van der Waals surface area contributed by atoms with E-state index in [-0.39, 0.29) is 5.91 Å². The van der Waals surface area contributed by atoms with Crippen molar-refractivity contribution in [3.8, 4) is 11.5 Å². The molecule has 1 aromatic rings. The first-order chi connectivity index (χ1) is 10.1. The van der Waals surface area contributed by atoms with Crippen LogP contribution in [-0.2, 0) is 4.79 Å². The fourth-order valence-corrected chi connectivity index (χ4v) is 1.96. The highest BCUT2D eigenvalue weighted by Crippen LogP contribution is 2.28. The van der Waals surface area contributed by atoms with Gasteiger partial charge in [0.15, 0.2) is 0 Å². The molecule has 118 valence electrons. The molecule has 1 amide bonds. The quantitative estimate of drug-likeness (QED) is 0.761. The number of unbranched alkanes of at least 4 members (excludes halogenated alkanes) is 1. The number of anilines is 1. The van der Waals surface area contributed by atoms with Crippen molar-refractivity contribution in [2.45, 2.75) is 26.2 Å². The maximum atomic E-state index is 12.0. The van der Waals surface area contributed by atoms with Gasteiger partial charge in [-0.05, 0) is 32.1 Å². The van der Waals surface area contributed by atoms with E-state index in [1.165, 1.54) is 0 Å². The van der Waals surface area contributed by atoms with Crippen LogP contribution in [0.5, 0.6) is 11.5 Å². The third-order valence-electron chi connectivity index (χ3n) is 3.29. The number of benzene rings is 1. The van der Waals surface area contributed by atoms with Crippen LogP contribution in [0.1, 0.15) is 26.2 Å². The highest BCUT2D eigenvalue weighted by atomic mass is 16.5. The number of methoxy groups -OCH3 is 2. The lowest BCUT2D eigenvalue weighted by atomic mass is 10.2. The zero-order chi connectivity index (χ0) is 15.7. The average molecular weight is 294 g/mol. The Balaban J connectivity index is 2.54.